The number of rotatable bonds is 10. The smallest absolute Gasteiger partial charge is 0.0254 e. The molecule has 0 aliphatic rings. The average molecular weight is 1020 g/mol. The summed E-state index contributed by atoms with van der Waals surface area (Å²) >= 11 is 1.74. The van der Waals surface area contributed by atoms with Gasteiger partial charge in [-0.3, -0.25) is 0 Å². The van der Waals surface area contributed by atoms with Gasteiger partial charge in [0.05, 0.1) is 0 Å². The first-order chi connectivity index (χ1) is 32.1. The first-order valence-electron chi connectivity index (χ1n) is 23.4. The standard InChI is InChI=1S/2C31H27.C2H6Si.2ClH.Zr/c2*1-22-8-14-26(15-9-22)28-18-19-29(27-16-10-23(2)11-17-27)31-21-25(20-30(28)31)13-12-24-6-4-3-5-7-24;1-3-2;;;/h2*3-11,14-21H,12-13H2,1-2H3;1-2H3;2*1H;/q2*-1;;;;+2/p-2. The number of benzene rings is 8. The molecule has 4 heteroatoms. The third kappa shape index (κ3) is 13.5. The van der Waals surface area contributed by atoms with E-state index in [0.29, 0.717) is 0 Å². The van der Waals surface area contributed by atoms with Crippen LogP contribution in [0.5, 0.6) is 0 Å². The van der Waals surface area contributed by atoms with Crippen LogP contribution in [0.2, 0.25) is 13.1 Å². The Morgan fingerprint density at radius 1 is 0.353 bits per heavy atom. The van der Waals surface area contributed by atoms with Gasteiger partial charge < -0.3 is 24.8 Å². The van der Waals surface area contributed by atoms with Gasteiger partial charge >= 0.3 is 41.9 Å². The largest absolute Gasteiger partial charge is 1.00 e. The molecule has 0 aliphatic heterocycles. The van der Waals surface area contributed by atoms with Crippen molar-refractivity contribution in [3.63, 3.8) is 0 Å². The van der Waals surface area contributed by atoms with Gasteiger partial charge in [0.15, 0.2) is 0 Å². The average Bonchev–Trinajstić information content (AvgIpc) is 3.97. The van der Waals surface area contributed by atoms with Gasteiger partial charge in [-0.25, -0.2) is 0 Å². The van der Waals surface area contributed by atoms with Gasteiger partial charge in [-0.2, -0.15) is 12.1 Å². The van der Waals surface area contributed by atoms with Crippen molar-refractivity contribution in [1.29, 1.82) is 0 Å². The third-order valence-electron chi connectivity index (χ3n) is 12.4. The predicted molar refractivity (Wildman–Crippen MR) is 285 cm³/mol. The summed E-state index contributed by atoms with van der Waals surface area (Å²) in [5.41, 5.74) is 21.4. The maximum Gasteiger partial charge on any atom is -0.0254 e. The third-order valence-corrected chi connectivity index (χ3v) is 12.4. The van der Waals surface area contributed by atoms with Crippen LogP contribution in [0.1, 0.15) is 44.5 Å². The van der Waals surface area contributed by atoms with Crippen molar-refractivity contribution < 1.29 is 48.1 Å². The Morgan fingerprint density at radius 3 is 0.912 bits per heavy atom. The predicted octanol–water partition coefficient (Wildman–Crippen LogP) is 11.4. The van der Waals surface area contributed by atoms with Crippen LogP contribution >= 0.6 is 0 Å². The van der Waals surface area contributed by atoms with Crippen molar-refractivity contribution in [2.75, 3.05) is 0 Å². The summed E-state index contributed by atoms with van der Waals surface area (Å²) < 4.78 is 0. The zero-order chi connectivity index (χ0) is 46.0. The molecule has 0 spiro atoms. The normalized spacial score (nSPS) is 10.6. The number of aryl methyl sites for hydroxylation is 8. The van der Waals surface area contributed by atoms with E-state index in [2.05, 4.69) is 247 Å². The van der Waals surface area contributed by atoms with Gasteiger partial charge in [0.2, 0.25) is 0 Å². The van der Waals surface area contributed by atoms with Crippen LogP contribution < -0.4 is 24.8 Å². The molecule has 0 amide bonds. The van der Waals surface area contributed by atoms with Gasteiger partial charge in [-0.1, -0.05) is 238 Å². The van der Waals surface area contributed by atoms with Crippen molar-refractivity contribution in [1.82, 2.24) is 0 Å². The van der Waals surface area contributed by atoms with E-state index in [1.54, 1.807) is 23.3 Å². The van der Waals surface area contributed by atoms with Gasteiger partial charge in [-0.05, 0) is 75.6 Å². The molecular weight excluding hydrogens is 959 g/mol. The summed E-state index contributed by atoms with van der Waals surface area (Å²) in [7, 11) is 0. The molecule has 0 heterocycles. The van der Waals surface area contributed by atoms with Crippen LogP contribution in [-0.4, -0.2) is 5.43 Å². The first-order valence-corrected chi connectivity index (χ1v) is 29.6. The second-order valence-electron chi connectivity index (χ2n) is 18.1. The molecule has 0 saturated heterocycles. The molecule has 0 saturated carbocycles. The number of hydrogen-bond donors (Lipinski definition) is 0. The monoisotopic (exact) mass is 1020 g/mol. The van der Waals surface area contributed by atoms with E-state index in [1.807, 2.05) is 0 Å². The molecule has 0 fully saturated rings. The fraction of sp³-hybridized carbons (Fsp3) is 0.156. The fourth-order valence-corrected chi connectivity index (χ4v) is 8.81. The summed E-state index contributed by atoms with van der Waals surface area (Å²) in [4.78, 5) is 0. The van der Waals surface area contributed by atoms with Crippen molar-refractivity contribution in [2.45, 2.75) is 66.5 Å². The number of fused-ring (bicyclic) bond motifs is 2. The molecule has 340 valence electrons. The minimum atomic E-state index is 0. The fourth-order valence-electron chi connectivity index (χ4n) is 8.81. The topological polar surface area (TPSA) is 0 Å². The summed E-state index contributed by atoms with van der Waals surface area (Å²) in [6.07, 6.45) is 4.24. The van der Waals surface area contributed by atoms with E-state index in [9.17, 15) is 0 Å². The molecule has 10 aromatic carbocycles. The zero-order valence-electron chi connectivity index (χ0n) is 40.2. The van der Waals surface area contributed by atoms with E-state index in [4.69, 9.17) is 0 Å². The first kappa shape index (κ1) is 52.0. The Morgan fingerprint density at radius 2 is 0.618 bits per heavy atom. The van der Waals surface area contributed by atoms with E-state index >= 15 is 0 Å². The molecule has 10 aromatic rings. The van der Waals surface area contributed by atoms with Gasteiger partial charge in [-0.15, -0.1) is 44.8 Å². The zero-order valence-corrected chi connectivity index (χ0v) is 45.2. The Kier molecular flexibility index (Phi) is 19.0. The van der Waals surface area contributed by atoms with Crippen molar-refractivity contribution >= 4 is 27.0 Å². The SMILES string of the molecule is C[Si](C)=[Zr+2].Cc1ccc(-c2ccc(-c3ccc(C)cc3)c3[cH-]c(CCc4ccccc4)cc23)cc1.Cc1ccc(-c2ccc(-c3ccc(C)cc3)c3[cH-]c(CCc4ccccc4)cc23)cc1.[Cl-].[Cl-]. The summed E-state index contributed by atoms with van der Waals surface area (Å²) in [6, 6.07) is 75.9. The van der Waals surface area contributed by atoms with Crippen LogP contribution in [-0.2, 0) is 49.0 Å². The molecule has 0 nitrogen and oxygen atoms in total. The summed E-state index contributed by atoms with van der Waals surface area (Å²) in [6.45, 7) is 13.2. The Labute approximate surface area is 433 Å². The second-order valence-corrected chi connectivity index (χ2v) is 27.5. The molecule has 0 unspecified atom stereocenters. The van der Waals surface area contributed by atoms with E-state index in [0.717, 1.165) is 25.7 Å². The molecule has 0 N–H and O–H groups in total. The number of hydrogen-bond acceptors (Lipinski definition) is 0. The molecular formula is C64H60Cl2SiZr-2. The Balaban J connectivity index is 0.000000202. The maximum absolute atomic E-state index is 2.41. The second kappa shape index (κ2) is 24.8. The van der Waals surface area contributed by atoms with Crippen LogP contribution in [0, 0.1) is 27.7 Å². The van der Waals surface area contributed by atoms with E-state index in [1.165, 1.54) is 111 Å². The minimum Gasteiger partial charge on any atom is -1.00 e. The van der Waals surface area contributed by atoms with Crippen LogP contribution in [0.15, 0.2) is 206 Å². The molecule has 0 atom stereocenters. The van der Waals surface area contributed by atoms with Crippen molar-refractivity contribution in [2.24, 2.45) is 0 Å². The maximum atomic E-state index is 2.41. The summed E-state index contributed by atoms with van der Waals surface area (Å²) in [5, 5.41) is 5.41. The molecule has 0 aromatic heterocycles. The van der Waals surface area contributed by atoms with Crippen molar-refractivity contribution in [3.8, 4) is 44.5 Å². The van der Waals surface area contributed by atoms with Gasteiger partial charge in [0.25, 0.3) is 0 Å². The summed E-state index contributed by atoms with van der Waals surface area (Å²) in [5.74, 6) is 0. The Bertz CT molecular complexity index is 2780. The van der Waals surface area contributed by atoms with Crippen LogP contribution in [0.4, 0.5) is 0 Å². The molecule has 10 rings (SSSR count). The van der Waals surface area contributed by atoms with Crippen LogP contribution in [0.3, 0.4) is 0 Å². The molecule has 68 heavy (non-hydrogen) atoms. The van der Waals surface area contributed by atoms with Gasteiger partial charge in [0.1, 0.15) is 0 Å². The molecule has 0 bridgehead atoms. The van der Waals surface area contributed by atoms with E-state index < -0.39 is 0 Å². The molecule has 0 aliphatic carbocycles. The number of halogens is 2. The Hall–Kier alpha value is -5.34. The van der Waals surface area contributed by atoms with Crippen LogP contribution in [0.25, 0.3) is 66.1 Å². The quantitative estimate of drug-likeness (QED) is 0.0946. The van der Waals surface area contributed by atoms with Gasteiger partial charge in [0, 0.05) is 0 Å². The van der Waals surface area contributed by atoms with E-state index in [-0.39, 0.29) is 30.2 Å². The van der Waals surface area contributed by atoms with Crippen molar-refractivity contribution in [3.05, 3.63) is 251 Å². The minimum absolute atomic E-state index is 0. The molecule has 0 radical (unpaired) electrons.